The number of primary amides is 1. The first kappa shape index (κ1) is 13.8. The third-order valence-electron chi connectivity index (χ3n) is 3.65. The molecule has 1 aromatic carbocycles. The highest BCUT2D eigenvalue weighted by Crippen LogP contribution is 2.31. The van der Waals surface area contributed by atoms with E-state index in [9.17, 15) is 9.18 Å². The summed E-state index contributed by atoms with van der Waals surface area (Å²) < 4.78 is 14.1. The summed E-state index contributed by atoms with van der Waals surface area (Å²) in [5, 5.41) is 0. The van der Waals surface area contributed by atoms with Gasteiger partial charge in [-0.1, -0.05) is 12.1 Å². The monoisotopic (exact) mass is 265 g/mol. The standard InChI is InChI=1S/C14H20FN3O/c1-9(16)11-5-2-6-12(15)13(11)18-7-3-4-10(8-18)14(17)19/h2,5-6,9-10H,3-4,7-8,16H2,1H3,(H2,17,19)/t9-,10?/m0/s1. The summed E-state index contributed by atoms with van der Waals surface area (Å²) >= 11 is 0. The van der Waals surface area contributed by atoms with Crippen molar-refractivity contribution in [2.45, 2.75) is 25.8 Å². The first-order valence-corrected chi connectivity index (χ1v) is 6.59. The first-order chi connectivity index (χ1) is 9.00. The van der Waals surface area contributed by atoms with Crippen molar-refractivity contribution < 1.29 is 9.18 Å². The lowest BCUT2D eigenvalue weighted by atomic mass is 9.95. The molecule has 0 radical (unpaired) electrons. The molecule has 2 rings (SSSR count). The van der Waals surface area contributed by atoms with Crippen LogP contribution in [-0.2, 0) is 4.79 Å². The topological polar surface area (TPSA) is 72.3 Å². The fourth-order valence-corrected chi connectivity index (χ4v) is 2.65. The van der Waals surface area contributed by atoms with Crippen molar-refractivity contribution in [2.75, 3.05) is 18.0 Å². The Hall–Kier alpha value is -1.62. The number of nitrogens with two attached hydrogens (primary N) is 2. The number of halogens is 1. The second-order valence-corrected chi connectivity index (χ2v) is 5.15. The van der Waals surface area contributed by atoms with Gasteiger partial charge in [0.25, 0.3) is 0 Å². The summed E-state index contributed by atoms with van der Waals surface area (Å²) in [7, 11) is 0. The van der Waals surface area contributed by atoms with Crippen LogP contribution in [0.25, 0.3) is 0 Å². The maximum atomic E-state index is 14.1. The number of nitrogens with zero attached hydrogens (tertiary/aromatic N) is 1. The zero-order chi connectivity index (χ0) is 14.0. The van der Waals surface area contributed by atoms with E-state index in [0.29, 0.717) is 12.2 Å². The zero-order valence-corrected chi connectivity index (χ0v) is 11.1. The van der Waals surface area contributed by atoms with E-state index in [1.807, 2.05) is 17.9 Å². The molecule has 1 unspecified atom stereocenters. The Morgan fingerprint density at radius 3 is 2.89 bits per heavy atom. The van der Waals surface area contributed by atoms with Crippen molar-refractivity contribution in [1.82, 2.24) is 0 Å². The Labute approximate surface area is 112 Å². The molecule has 0 spiro atoms. The maximum absolute atomic E-state index is 14.1. The molecule has 0 aromatic heterocycles. The van der Waals surface area contributed by atoms with E-state index in [1.165, 1.54) is 6.07 Å². The van der Waals surface area contributed by atoms with E-state index in [-0.39, 0.29) is 23.7 Å². The van der Waals surface area contributed by atoms with Crippen molar-refractivity contribution in [3.05, 3.63) is 29.6 Å². The molecule has 1 aliphatic heterocycles. The average molecular weight is 265 g/mol. The first-order valence-electron chi connectivity index (χ1n) is 6.59. The van der Waals surface area contributed by atoms with Crippen molar-refractivity contribution >= 4 is 11.6 Å². The zero-order valence-electron chi connectivity index (χ0n) is 11.1. The third kappa shape index (κ3) is 2.87. The van der Waals surface area contributed by atoms with E-state index in [0.717, 1.165) is 24.9 Å². The Bertz CT molecular complexity index is 476. The van der Waals surface area contributed by atoms with Crippen LogP contribution in [0.15, 0.2) is 18.2 Å². The average Bonchev–Trinajstić information content (AvgIpc) is 2.38. The van der Waals surface area contributed by atoms with Gasteiger partial charge >= 0.3 is 0 Å². The quantitative estimate of drug-likeness (QED) is 0.871. The van der Waals surface area contributed by atoms with Gasteiger partial charge in [0, 0.05) is 19.1 Å². The van der Waals surface area contributed by atoms with Crippen molar-refractivity contribution in [1.29, 1.82) is 0 Å². The van der Waals surface area contributed by atoms with Crippen LogP contribution < -0.4 is 16.4 Å². The molecule has 5 heteroatoms. The largest absolute Gasteiger partial charge is 0.369 e. The van der Waals surface area contributed by atoms with Gasteiger partial charge in [-0.25, -0.2) is 4.39 Å². The molecular weight excluding hydrogens is 245 g/mol. The van der Waals surface area contributed by atoms with Crippen molar-refractivity contribution in [3.63, 3.8) is 0 Å². The van der Waals surface area contributed by atoms with Crippen LogP contribution in [0.3, 0.4) is 0 Å². The minimum absolute atomic E-state index is 0.214. The Morgan fingerprint density at radius 2 is 2.26 bits per heavy atom. The van der Waals surface area contributed by atoms with Gasteiger partial charge < -0.3 is 16.4 Å². The highest BCUT2D eigenvalue weighted by Gasteiger charge is 2.27. The molecule has 0 aliphatic carbocycles. The molecule has 19 heavy (non-hydrogen) atoms. The number of hydrogen-bond donors (Lipinski definition) is 2. The van der Waals surface area contributed by atoms with Crippen LogP contribution >= 0.6 is 0 Å². The molecule has 1 heterocycles. The Balaban J connectivity index is 2.33. The molecule has 104 valence electrons. The summed E-state index contributed by atoms with van der Waals surface area (Å²) in [6.45, 7) is 3.02. The molecule has 4 N–H and O–H groups in total. The van der Waals surface area contributed by atoms with Crippen LogP contribution in [0.4, 0.5) is 10.1 Å². The number of para-hydroxylation sites is 1. The number of anilines is 1. The number of piperidine rings is 1. The molecule has 1 aromatic rings. The predicted molar refractivity (Wildman–Crippen MR) is 73.1 cm³/mol. The third-order valence-corrected chi connectivity index (χ3v) is 3.65. The number of rotatable bonds is 3. The van der Waals surface area contributed by atoms with Gasteiger partial charge in [-0.2, -0.15) is 0 Å². The summed E-state index contributed by atoms with van der Waals surface area (Å²) in [5.41, 5.74) is 12.5. The lowest BCUT2D eigenvalue weighted by molar-refractivity contribution is -0.122. The van der Waals surface area contributed by atoms with Crippen LogP contribution in [0.2, 0.25) is 0 Å². The smallest absolute Gasteiger partial charge is 0.222 e. The second kappa shape index (κ2) is 5.57. The second-order valence-electron chi connectivity index (χ2n) is 5.15. The fourth-order valence-electron chi connectivity index (χ4n) is 2.65. The van der Waals surface area contributed by atoms with E-state index < -0.39 is 0 Å². The van der Waals surface area contributed by atoms with Crippen LogP contribution in [0, 0.1) is 11.7 Å². The normalized spacial score (nSPS) is 21.2. The van der Waals surface area contributed by atoms with Crippen LogP contribution in [0.5, 0.6) is 0 Å². The van der Waals surface area contributed by atoms with Gasteiger partial charge in [-0.05, 0) is 31.4 Å². The SMILES string of the molecule is C[C@H](N)c1cccc(F)c1N1CCCC(C(N)=O)C1. The molecule has 0 bridgehead atoms. The Morgan fingerprint density at radius 1 is 1.53 bits per heavy atom. The van der Waals surface area contributed by atoms with Crippen molar-refractivity contribution in [3.8, 4) is 0 Å². The minimum Gasteiger partial charge on any atom is -0.369 e. The van der Waals surface area contributed by atoms with Crippen LogP contribution in [0.1, 0.15) is 31.4 Å². The molecular formula is C14H20FN3O. The lowest BCUT2D eigenvalue weighted by Crippen LogP contribution is -2.42. The van der Waals surface area contributed by atoms with Gasteiger partial charge in [0.15, 0.2) is 0 Å². The maximum Gasteiger partial charge on any atom is 0.222 e. The molecule has 2 atom stereocenters. The van der Waals surface area contributed by atoms with Gasteiger partial charge in [-0.3, -0.25) is 4.79 Å². The molecule has 1 aliphatic rings. The van der Waals surface area contributed by atoms with Gasteiger partial charge in [0.1, 0.15) is 5.82 Å². The number of benzene rings is 1. The van der Waals surface area contributed by atoms with Crippen LogP contribution in [-0.4, -0.2) is 19.0 Å². The molecule has 1 fully saturated rings. The fraction of sp³-hybridized carbons (Fsp3) is 0.500. The van der Waals surface area contributed by atoms with Gasteiger partial charge in [-0.15, -0.1) is 0 Å². The number of amides is 1. The summed E-state index contributed by atoms with van der Waals surface area (Å²) in [4.78, 5) is 13.2. The highest BCUT2D eigenvalue weighted by atomic mass is 19.1. The van der Waals surface area contributed by atoms with Gasteiger partial charge in [0.2, 0.25) is 5.91 Å². The Kier molecular flexibility index (Phi) is 4.04. The number of hydrogen-bond acceptors (Lipinski definition) is 3. The minimum atomic E-state index is -0.316. The lowest BCUT2D eigenvalue weighted by Gasteiger charge is -2.35. The predicted octanol–water partition coefficient (Wildman–Crippen LogP) is 1.55. The summed E-state index contributed by atoms with van der Waals surface area (Å²) in [6.07, 6.45) is 1.61. The summed E-state index contributed by atoms with van der Waals surface area (Å²) in [5.74, 6) is -0.822. The van der Waals surface area contributed by atoms with E-state index >= 15 is 0 Å². The molecule has 4 nitrogen and oxygen atoms in total. The number of carbonyl (C=O) groups is 1. The van der Waals surface area contributed by atoms with E-state index in [2.05, 4.69) is 0 Å². The molecule has 1 saturated heterocycles. The van der Waals surface area contributed by atoms with E-state index in [1.54, 1.807) is 6.07 Å². The van der Waals surface area contributed by atoms with Gasteiger partial charge in [0.05, 0.1) is 11.6 Å². The number of carbonyl (C=O) groups excluding carboxylic acids is 1. The van der Waals surface area contributed by atoms with Crippen molar-refractivity contribution in [2.24, 2.45) is 17.4 Å². The highest BCUT2D eigenvalue weighted by molar-refractivity contribution is 5.77. The summed E-state index contributed by atoms with van der Waals surface area (Å²) in [6, 6.07) is 4.67. The molecule has 0 saturated carbocycles. The van der Waals surface area contributed by atoms with E-state index in [4.69, 9.17) is 11.5 Å². The molecule has 1 amide bonds.